The molecule has 0 spiro atoms. The molecule has 5 heteroatoms. The number of halogens is 1. The minimum absolute atomic E-state index is 0.290. The van der Waals surface area contributed by atoms with Crippen molar-refractivity contribution in [3.8, 4) is 11.6 Å². The molecule has 0 fully saturated rings. The zero-order valence-corrected chi connectivity index (χ0v) is 11.7. The molecule has 0 aliphatic rings. The molecule has 106 valence electrons. The predicted molar refractivity (Wildman–Crippen MR) is 76.7 cm³/mol. The average molecular weight is 275 g/mol. The fourth-order valence-electron chi connectivity index (χ4n) is 1.89. The number of nitrogens with one attached hydrogen (secondary N) is 1. The quantitative estimate of drug-likeness (QED) is 0.871. The lowest BCUT2D eigenvalue weighted by Gasteiger charge is -2.13. The molecule has 0 aliphatic heterocycles. The van der Waals surface area contributed by atoms with Gasteiger partial charge < -0.3 is 10.1 Å². The predicted octanol–water partition coefficient (Wildman–Crippen LogP) is 3.79. The Morgan fingerprint density at radius 1 is 1.15 bits per heavy atom. The molecule has 2 rings (SSSR count). The molecule has 0 amide bonds. The average Bonchev–Trinajstić information content (AvgIpc) is 2.45. The molecule has 0 saturated heterocycles. The van der Waals surface area contributed by atoms with Crippen molar-refractivity contribution in [2.24, 2.45) is 0 Å². The van der Waals surface area contributed by atoms with Crippen molar-refractivity contribution in [3.05, 3.63) is 42.0 Å². The molecule has 4 nitrogen and oxygen atoms in total. The van der Waals surface area contributed by atoms with E-state index in [1.807, 2.05) is 6.92 Å². The first-order valence-corrected chi connectivity index (χ1v) is 6.75. The molecule has 0 radical (unpaired) electrons. The Kier molecular flexibility index (Phi) is 4.87. The summed E-state index contributed by atoms with van der Waals surface area (Å²) in [7, 11) is 0. The van der Waals surface area contributed by atoms with E-state index in [2.05, 4.69) is 22.2 Å². The van der Waals surface area contributed by atoms with Crippen molar-refractivity contribution in [2.45, 2.75) is 26.7 Å². The van der Waals surface area contributed by atoms with E-state index in [4.69, 9.17) is 4.74 Å². The number of hydrogen-bond acceptors (Lipinski definition) is 4. The van der Waals surface area contributed by atoms with Gasteiger partial charge in [-0.2, -0.15) is 0 Å². The van der Waals surface area contributed by atoms with E-state index in [0.717, 1.165) is 30.8 Å². The summed E-state index contributed by atoms with van der Waals surface area (Å²) in [6.45, 7) is 4.88. The van der Waals surface area contributed by atoms with Crippen molar-refractivity contribution in [1.29, 1.82) is 0 Å². The number of benzene rings is 1. The highest BCUT2D eigenvalue weighted by Gasteiger charge is 2.12. The molecule has 1 heterocycles. The molecular formula is C15H18FN3O. The minimum Gasteiger partial charge on any atom is -0.439 e. The first-order valence-electron chi connectivity index (χ1n) is 6.75. The lowest BCUT2D eigenvalue weighted by Crippen LogP contribution is -2.06. The van der Waals surface area contributed by atoms with Crippen LogP contribution >= 0.6 is 0 Å². The molecule has 0 aliphatic carbocycles. The zero-order valence-electron chi connectivity index (χ0n) is 11.7. The second-order valence-electron chi connectivity index (χ2n) is 4.34. The summed E-state index contributed by atoms with van der Waals surface area (Å²) in [4.78, 5) is 8.43. The Morgan fingerprint density at radius 2 is 1.90 bits per heavy atom. The van der Waals surface area contributed by atoms with Crippen molar-refractivity contribution in [2.75, 3.05) is 11.9 Å². The summed E-state index contributed by atoms with van der Waals surface area (Å²) in [5, 5.41) is 3.21. The van der Waals surface area contributed by atoms with Crippen LogP contribution in [0.25, 0.3) is 0 Å². The number of hydrogen-bond donors (Lipinski definition) is 1. The lowest BCUT2D eigenvalue weighted by molar-refractivity contribution is 0.453. The van der Waals surface area contributed by atoms with E-state index in [9.17, 15) is 4.39 Å². The van der Waals surface area contributed by atoms with E-state index in [1.54, 1.807) is 12.1 Å². The molecular weight excluding hydrogens is 257 g/mol. The van der Waals surface area contributed by atoms with Crippen LogP contribution in [0.1, 0.15) is 25.8 Å². The van der Waals surface area contributed by atoms with Gasteiger partial charge in [0.25, 0.3) is 0 Å². The van der Waals surface area contributed by atoms with Gasteiger partial charge in [-0.25, -0.2) is 14.4 Å². The Bertz CT molecular complexity index is 558. The summed E-state index contributed by atoms with van der Waals surface area (Å²) in [5.41, 5.74) is 0.946. The Balaban J connectivity index is 2.29. The number of rotatable bonds is 6. The standard InChI is InChI=1S/C15H18FN3O/c1-3-5-13-14(17-4-2)18-10-19-15(13)20-12-8-6-11(16)7-9-12/h6-10H,3-5H2,1-2H3,(H,17,18,19). The molecule has 1 N–H and O–H groups in total. The third-order valence-electron chi connectivity index (χ3n) is 2.78. The van der Waals surface area contributed by atoms with E-state index >= 15 is 0 Å². The molecule has 0 saturated carbocycles. The topological polar surface area (TPSA) is 47.0 Å². The molecule has 20 heavy (non-hydrogen) atoms. The first kappa shape index (κ1) is 14.2. The van der Waals surface area contributed by atoms with E-state index < -0.39 is 0 Å². The van der Waals surface area contributed by atoms with Crippen LogP contribution < -0.4 is 10.1 Å². The van der Waals surface area contributed by atoms with Gasteiger partial charge in [-0.3, -0.25) is 0 Å². The van der Waals surface area contributed by atoms with Gasteiger partial charge >= 0.3 is 0 Å². The summed E-state index contributed by atoms with van der Waals surface area (Å²) in [6, 6.07) is 5.89. The third-order valence-corrected chi connectivity index (χ3v) is 2.78. The van der Waals surface area contributed by atoms with Crippen molar-refractivity contribution >= 4 is 5.82 Å². The highest BCUT2D eigenvalue weighted by atomic mass is 19.1. The number of anilines is 1. The third kappa shape index (κ3) is 3.44. The van der Waals surface area contributed by atoms with Crippen molar-refractivity contribution in [3.63, 3.8) is 0 Å². The number of nitrogens with zero attached hydrogens (tertiary/aromatic N) is 2. The van der Waals surface area contributed by atoms with Gasteiger partial charge in [-0.15, -0.1) is 0 Å². The highest BCUT2D eigenvalue weighted by Crippen LogP contribution is 2.28. The second kappa shape index (κ2) is 6.84. The maximum absolute atomic E-state index is 12.9. The maximum atomic E-state index is 12.9. The molecule has 0 bridgehead atoms. The molecule has 0 unspecified atom stereocenters. The van der Waals surface area contributed by atoms with Gasteiger partial charge in [0.2, 0.25) is 5.88 Å². The first-order chi connectivity index (χ1) is 9.74. The number of aromatic nitrogens is 2. The summed E-state index contributed by atoms with van der Waals surface area (Å²) in [6.07, 6.45) is 3.25. The second-order valence-corrected chi connectivity index (χ2v) is 4.34. The summed E-state index contributed by atoms with van der Waals surface area (Å²) < 4.78 is 18.6. The largest absolute Gasteiger partial charge is 0.439 e. The Hall–Kier alpha value is -2.17. The van der Waals surface area contributed by atoms with Crippen LogP contribution in [0.15, 0.2) is 30.6 Å². The van der Waals surface area contributed by atoms with Crippen LogP contribution in [0.2, 0.25) is 0 Å². The van der Waals surface area contributed by atoms with Gasteiger partial charge in [0, 0.05) is 6.54 Å². The fourth-order valence-corrected chi connectivity index (χ4v) is 1.89. The highest BCUT2D eigenvalue weighted by molar-refractivity contribution is 5.49. The summed E-state index contributed by atoms with van der Waals surface area (Å²) >= 11 is 0. The van der Waals surface area contributed by atoms with Gasteiger partial charge in [0.15, 0.2) is 0 Å². The van der Waals surface area contributed by atoms with Crippen molar-refractivity contribution < 1.29 is 9.13 Å². The molecule has 1 aromatic heterocycles. The summed E-state index contributed by atoms with van der Waals surface area (Å²) in [5.74, 6) is 1.58. The van der Waals surface area contributed by atoms with Crippen LogP contribution in [-0.4, -0.2) is 16.5 Å². The molecule has 1 aromatic carbocycles. The lowest BCUT2D eigenvalue weighted by atomic mass is 10.1. The van der Waals surface area contributed by atoms with Gasteiger partial charge in [-0.05, 0) is 37.6 Å². The molecule has 2 aromatic rings. The SMILES string of the molecule is CCCc1c(NCC)ncnc1Oc1ccc(F)cc1. The fraction of sp³-hybridized carbons (Fsp3) is 0.333. The smallest absolute Gasteiger partial charge is 0.227 e. The van der Waals surface area contributed by atoms with Crippen LogP contribution in [0.3, 0.4) is 0 Å². The normalized spacial score (nSPS) is 10.3. The maximum Gasteiger partial charge on any atom is 0.227 e. The van der Waals surface area contributed by atoms with Gasteiger partial charge in [-0.1, -0.05) is 13.3 Å². The van der Waals surface area contributed by atoms with E-state index in [0.29, 0.717) is 11.6 Å². The number of ether oxygens (including phenoxy) is 1. The van der Waals surface area contributed by atoms with Crippen LogP contribution in [0, 0.1) is 5.82 Å². The zero-order chi connectivity index (χ0) is 14.4. The van der Waals surface area contributed by atoms with Crippen LogP contribution in [0.5, 0.6) is 11.6 Å². The van der Waals surface area contributed by atoms with E-state index in [1.165, 1.54) is 18.5 Å². The van der Waals surface area contributed by atoms with Gasteiger partial charge in [0.05, 0.1) is 5.56 Å². The monoisotopic (exact) mass is 275 g/mol. The van der Waals surface area contributed by atoms with Crippen LogP contribution in [0.4, 0.5) is 10.2 Å². The molecule has 0 atom stereocenters. The van der Waals surface area contributed by atoms with Crippen molar-refractivity contribution in [1.82, 2.24) is 9.97 Å². The minimum atomic E-state index is -0.290. The van der Waals surface area contributed by atoms with Crippen LogP contribution in [-0.2, 0) is 6.42 Å². The Morgan fingerprint density at radius 3 is 2.55 bits per heavy atom. The van der Waals surface area contributed by atoms with Gasteiger partial charge in [0.1, 0.15) is 23.7 Å². The van der Waals surface area contributed by atoms with E-state index in [-0.39, 0.29) is 5.82 Å². The Labute approximate surface area is 118 Å².